The molecule has 0 aromatic heterocycles. The number of amides is 4. The standard InChI is InChI=1S/C17H21N3O5/c1-24-11-2-4-12(5-3-11)25-13-6-8-20(9-7-13)15(21)10-14-16(22)19-17(23)18-14/h2-5,13-14H,6-10H2,1H3,(H2,18,19,22,23)/t14-/m1/s1. The van der Waals surface area contributed by atoms with Crippen LogP contribution in [0.2, 0.25) is 0 Å². The number of nitrogens with zero attached hydrogens (tertiary/aromatic N) is 1. The number of likely N-dealkylation sites (tertiary alicyclic amines) is 1. The minimum Gasteiger partial charge on any atom is -0.497 e. The van der Waals surface area contributed by atoms with Crippen LogP contribution in [0.15, 0.2) is 24.3 Å². The molecular weight excluding hydrogens is 326 g/mol. The fourth-order valence-electron chi connectivity index (χ4n) is 2.98. The first-order chi connectivity index (χ1) is 12.0. The maximum absolute atomic E-state index is 12.3. The molecule has 1 atom stereocenters. The predicted molar refractivity (Wildman–Crippen MR) is 88.3 cm³/mol. The highest BCUT2D eigenvalue weighted by molar-refractivity contribution is 6.05. The van der Waals surface area contributed by atoms with Gasteiger partial charge in [-0.15, -0.1) is 0 Å². The zero-order valence-electron chi connectivity index (χ0n) is 14.0. The molecule has 2 fully saturated rings. The topological polar surface area (TPSA) is 97.0 Å². The lowest BCUT2D eigenvalue weighted by molar-refractivity contribution is -0.135. The van der Waals surface area contributed by atoms with Crippen molar-refractivity contribution in [3.8, 4) is 11.5 Å². The predicted octanol–water partition coefficient (Wildman–Crippen LogP) is 0.663. The summed E-state index contributed by atoms with van der Waals surface area (Å²) in [5.74, 6) is 0.966. The van der Waals surface area contributed by atoms with E-state index in [4.69, 9.17) is 9.47 Å². The third kappa shape index (κ3) is 4.20. The van der Waals surface area contributed by atoms with Crippen LogP contribution < -0.4 is 20.1 Å². The smallest absolute Gasteiger partial charge is 0.322 e. The van der Waals surface area contributed by atoms with Gasteiger partial charge in [0, 0.05) is 25.9 Å². The molecule has 2 aliphatic rings. The van der Waals surface area contributed by atoms with Crippen molar-refractivity contribution < 1.29 is 23.9 Å². The quantitative estimate of drug-likeness (QED) is 0.763. The number of imide groups is 1. The molecule has 134 valence electrons. The Kier molecular flexibility index (Phi) is 5.06. The zero-order valence-corrected chi connectivity index (χ0v) is 14.0. The number of ether oxygens (including phenoxy) is 2. The van der Waals surface area contributed by atoms with Crippen molar-refractivity contribution in [1.82, 2.24) is 15.5 Å². The normalized spacial score (nSPS) is 20.8. The Morgan fingerprint density at radius 1 is 1.16 bits per heavy atom. The number of carbonyl (C=O) groups is 3. The first kappa shape index (κ1) is 17.1. The number of piperidine rings is 1. The van der Waals surface area contributed by atoms with E-state index in [-0.39, 0.29) is 18.4 Å². The number of benzene rings is 1. The second-order valence-electron chi connectivity index (χ2n) is 6.09. The number of hydrogen-bond donors (Lipinski definition) is 2. The van der Waals surface area contributed by atoms with Crippen LogP contribution in [0, 0.1) is 0 Å². The van der Waals surface area contributed by atoms with Crippen molar-refractivity contribution in [2.75, 3.05) is 20.2 Å². The monoisotopic (exact) mass is 347 g/mol. The van der Waals surface area contributed by atoms with Gasteiger partial charge in [-0.3, -0.25) is 14.9 Å². The van der Waals surface area contributed by atoms with Crippen LogP contribution in [-0.4, -0.2) is 55.1 Å². The highest BCUT2D eigenvalue weighted by atomic mass is 16.5. The second-order valence-corrected chi connectivity index (χ2v) is 6.09. The van der Waals surface area contributed by atoms with Crippen LogP contribution >= 0.6 is 0 Å². The minimum atomic E-state index is -0.770. The van der Waals surface area contributed by atoms with Crippen LogP contribution in [0.4, 0.5) is 4.79 Å². The second kappa shape index (κ2) is 7.42. The molecule has 0 radical (unpaired) electrons. The third-order valence-electron chi connectivity index (χ3n) is 4.39. The van der Waals surface area contributed by atoms with Gasteiger partial charge in [-0.2, -0.15) is 0 Å². The molecule has 3 rings (SSSR count). The summed E-state index contributed by atoms with van der Waals surface area (Å²) in [6, 6.07) is 6.09. The molecule has 0 bridgehead atoms. The van der Waals surface area contributed by atoms with E-state index in [9.17, 15) is 14.4 Å². The van der Waals surface area contributed by atoms with E-state index in [0.29, 0.717) is 13.1 Å². The third-order valence-corrected chi connectivity index (χ3v) is 4.39. The van der Waals surface area contributed by atoms with Crippen molar-refractivity contribution in [2.24, 2.45) is 0 Å². The Bertz CT molecular complexity index is 653. The van der Waals surface area contributed by atoms with Gasteiger partial charge in [0.1, 0.15) is 23.6 Å². The summed E-state index contributed by atoms with van der Waals surface area (Å²) in [7, 11) is 1.61. The first-order valence-corrected chi connectivity index (χ1v) is 8.25. The van der Waals surface area contributed by atoms with Gasteiger partial charge in [0.2, 0.25) is 5.91 Å². The van der Waals surface area contributed by atoms with E-state index in [2.05, 4.69) is 10.6 Å². The summed E-state index contributed by atoms with van der Waals surface area (Å²) in [5, 5.41) is 4.57. The van der Waals surface area contributed by atoms with E-state index < -0.39 is 18.0 Å². The first-order valence-electron chi connectivity index (χ1n) is 8.25. The maximum Gasteiger partial charge on any atom is 0.322 e. The van der Waals surface area contributed by atoms with Crippen LogP contribution in [0.1, 0.15) is 19.3 Å². The van der Waals surface area contributed by atoms with Crippen molar-refractivity contribution >= 4 is 17.8 Å². The SMILES string of the molecule is COc1ccc(OC2CCN(C(=O)C[C@H]3NC(=O)NC3=O)CC2)cc1. The molecule has 4 amide bonds. The Labute approximate surface area is 145 Å². The summed E-state index contributed by atoms with van der Waals surface area (Å²) < 4.78 is 11.0. The molecule has 2 heterocycles. The fraction of sp³-hybridized carbons (Fsp3) is 0.471. The highest BCUT2D eigenvalue weighted by Crippen LogP contribution is 2.22. The van der Waals surface area contributed by atoms with Gasteiger partial charge in [0.15, 0.2) is 0 Å². The van der Waals surface area contributed by atoms with E-state index in [1.54, 1.807) is 12.0 Å². The summed E-state index contributed by atoms with van der Waals surface area (Å²) >= 11 is 0. The Hall–Kier alpha value is -2.77. The highest BCUT2D eigenvalue weighted by Gasteiger charge is 2.33. The van der Waals surface area contributed by atoms with Gasteiger partial charge in [0.25, 0.3) is 5.91 Å². The van der Waals surface area contributed by atoms with Crippen LogP contribution in [-0.2, 0) is 9.59 Å². The molecule has 1 aromatic rings. The molecule has 2 aliphatic heterocycles. The summed E-state index contributed by atoms with van der Waals surface area (Å²) in [5.41, 5.74) is 0. The van der Waals surface area contributed by atoms with Gasteiger partial charge in [-0.25, -0.2) is 4.79 Å². The van der Waals surface area contributed by atoms with Crippen molar-refractivity contribution in [3.05, 3.63) is 24.3 Å². The average molecular weight is 347 g/mol. The molecule has 8 nitrogen and oxygen atoms in total. The molecule has 0 saturated carbocycles. The van der Waals surface area contributed by atoms with Gasteiger partial charge in [-0.05, 0) is 24.3 Å². The van der Waals surface area contributed by atoms with E-state index in [1.165, 1.54) is 0 Å². The number of rotatable bonds is 5. The number of urea groups is 1. The molecule has 2 N–H and O–H groups in total. The molecule has 0 unspecified atom stereocenters. The van der Waals surface area contributed by atoms with Gasteiger partial charge < -0.3 is 19.7 Å². The number of hydrogen-bond acceptors (Lipinski definition) is 5. The average Bonchev–Trinajstić information content (AvgIpc) is 2.93. The van der Waals surface area contributed by atoms with Crippen LogP contribution in [0.25, 0.3) is 0 Å². The maximum atomic E-state index is 12.3. The molecule has 0 spiro atoms. The lowest BCUT2D eigenvalue weighted by atomic mass is 10.1. The molecular formula is C17H21N3O5. The molecule has 2 saturated heterocycles. The lowest BCUT2D eigenvalue weighted by Gasteiger charge is -2.32. The number of methoxy groups -OCH3 is 1. The summed E-state index contributed by atoms with van der Waals surface area (Å²) in [4.78, 5) is 36.6. The molecule has 1 aromatic carbocycles. The minimum absolute atomic E-state index is 0.0123. The summed E-state index contributed by atoms with van der Waals surface area (Å²) in [6.45, 7) is 1.14. The van der Waals surface area contributed by atoms with E-state index in [1.807, 2.05) is 24.3 Å². The molecule has 8 heteroatoms. The largest absolute Gasteiger partial charge is 0.497 e. The van der Waals surface area contributed by atoms with Gasteiger partial charge in [0.05, 0.1) is 13.5 Å². The van der Waals surface area contributed by atoms with Gasteiger partial charge in [-0.1, -0.05) is 0 Å². The van der Waals surface area contributed by atoms with Crippen LogP contribution in [0.3, 0.4) is 0 Å². The molecule has 0 aliphatic carbocycles. The number of nitrogens with one attached hydrogen (secondary N) is 2. The summed E-state index contributed by atoms with van der Waals surface area (Å²) in [6.07, 6.45) is 1.48. The van der Waals surface area contributed by atoms with Crippen molar-refractivity contribution in [1.29, 1.82) is 0 Å². The zero-order chi connectivity index (χ0) is 17.8. The van der Waals surface area contributed by atoms with E-state index >= 15 is 0 Å². The van der Waals surface area contributed by atoms with Crippen LogP contribution in [0.5, 0.6) is 11.5 Å². The Morgan fingerprint density at radius 3 is 2.36 bits per heavy atom. The van der Waals surface area contributed by atoms with E-state index in [0.717, 1.165) is 24.3 Å². The Morgan fingerprint density at radius 2 is 1.80 bits per heavy atom. The van der Waals surface area contributed by atoms with Crippen molar-refractivity contribution in [3.63, 3.8) is 0 Å². The molecule has 25 heavy (non-hydrogen) atoms. The van der Waals surface area contributed by atoms with Gasteiger partial charge >= 0.3 is 6.03 Å². The van der Waals surface area contributed by atoms with Crippen molar-refractivity contribution in [2.45, 2.75) is 31.4 Å². The Balaban J connectivity index is 1.45. The fourth-order valence-corrected chi connectivity index (χ4v) is 2.98. The lowest BCUT2D eigenvalue weighted by Crippen LogP contribution is -2.44. The number of carbonyl (C=O) groups excluding carboxylic acids is 3.